The lowest BCUT2D eigenvalue weighted by atomic mass is 10.1. The van der Waals surface area contributed by atoms with Crippen molar-refractivity contribution in [3.05, 3.63) is 64.6 Å². The second kappa shape index (κ2) is 4.52. The Morgan fingerprint density at radius 2 is 2.16 bits per heavy atom. The largest absolute Gasteiger partial charge is 0.452 e. The molecule has 0 saturated heterocycles. The van der Waals surface area contributed by atoms with Gasteiger partial charge in [-0.25, -0.2) is 0 Å². The van der Waals surface area contributed by atoms with E-state index >= 15 is 0 Å². The highest BCUT2D eigenvalue weighted by molar-refractivity contribution is 6.31. The van der Waals surface area contributed by atoms with E-state index in [1.165, 1.54) is 6.20 Å². The lowest BCUT2D eigenvalue weighted by molar-refractivity contribution is 0.101. The smallest absolute Gasteiger partial charge is 0.230 e. The molecule has 0 bridgehead atoms. The topological polar surface area (TPSA) is 43.1 Å². The van der Waals surface area contributed by atoms with Gasteiger partial charge in [-0.2, -0.15) is 0 Å². The van der Waals surface area contributed by atoms with E-state index in [9.17, 15) is 4.79 Å². The molecule has 3 nitrogen and oxygen atoms in total. The summed E-state index contributed by atoms with van der Waals surface area (Å²) in [5, 5.41) is 1.48. The molecule has 0 fully saturated rings. The number of hydrogen-bond acceptors (Lipinski definition) is 3. The van der Waals surface area contributed by atoms with E-state index in [0.717, 1.165) is 10.9 Å². The van der Waals surface area contributed by atoms with Crippen LogP contribution in [0.1, 0.15) is 21.7 Å². The molecular weight excluding hydrogens is 262 g/mol. The molecule has 0 saturated carbocycles. The number of ketones is 1. The molecular formula is C15H10ClNO2. The lowest BCUT2D eigenvalue weighted by Gasteiger charge is -1.97. The van der Waals surface area contributed by atoms with Crippen LogP contribution in [0.4, 0.5) is 0 Å². The van der Waals surface area contributed by atoms with Gasteiger partial charge in [0.05, 0.1) is 0 Å². The SMILES string of the molecule is Cc1c(C(=O)c2cccnc2)oc2ccc(Cl)cc12. The summed E-state index contributed by atoms with van der Waals surface area (Å²) in [6, 6.07) is 8.75. The number of aryl methyl sites for hydroxylation is 1. The number of fused-ring (bicyclic) bond motifs is 1. The van der Waals surface area contributed by atoms with Gasteiger partial charge in [0.1, 0.15) is 5.58 Å². The summed E-state index contributed by atoms with van der Waals surface area (Å²) < 4.78 is 5.63. The Balaban J connectivity index is 2.16. The Morgan fingerprint density at radius 1 is 1.32 bits per heavy atom. The highest BCUT2D eigenvalue weighted by Crippen LogP contribution is 2.29. The first-order chi connectivity index (χ1) is 9.16. The molecule has 2 heterocycles. The Hall–Kier alpha value is -2.13. The number of halogens is 1. The molecule has 2 aromatic heterocycles. The molecule has 4 heteroatoms. The predicted molar refractivity (Wildman–Crippen MR) is 73.6 cm³/mol. The molecule has 0 unspecified atom stereocenters. The van der Waals surface area contributed by atoms with Gasteiger partial charge < -0.3 is 4.42 Å². The van der Waals surface area contributed by atoms with Gasteiger partial charge in [0.25, 0.3) is 0 Å². The maximum Gasteiger partial charge on any atom is 0.230 e. The van der Waals surface area contributed by atoms with Gasteiger partial charge in [-0.15, -0.1) is 0 Å². The molecule has 3 aromatic rings. The fourth-order valence-electron chi connectivity index (χ4n) is 2.04. The van der Waals surface area contributed by atoms with E-state index in [1.807, 2.05) is 6.92 Å². The second-order valence-electron chi connectivity index (χ2n) is 4.27. The van der Waals surface area contributed by atoms with Crippen molar-refractivity contribution in [1.29, 1.82) is 0 Å². The van der Waals surface area contributed by atoms with Crippen LogP contribution in [0.15, 0.2) is 47.1 Å². The normalized spacial score (nSPS) is 10.8. The van der Waals surface area contributed by atoms with Gasteiger partial charge in [-0.1, -0.05) is 11.6 Å². The summed E-state index contributed by atoms with van der Waals surface area (Å²) in [4.78, 5) is 16.3. The van der Waals surface area contributed by atoms with Gasteiger partial charge in [0.15, 0.2) is 5.76 Å². The summed E-state index contributed by atoms with van der Waals surface area (Å²) in [5.74, 6) is 0.170. The van der Waals surface area contributed by atoms with Crippen molar-refractivity contribution in [2.75, 3.05) is 0 Å². The number of carbonyl (C=O) groups is 1. The van der Waals surface area contributed by atoms with Crippen molar-refractivity contribution < 1.29 is 9.21 Å². The summed E-state index contributed by atoms with van der Waals surface area (Å²) in [6.07, 6.45) is 3.16. The minimum Gasteiger partial charge on any atom is -0.452 e. The molecule has 0 aliphatic carbocycles. The number of nitrogens with zero attached hydrogens (tertiary/aromatic N) is 1. The zero-order valence-corrected chi connectivity index (χ0v) is 10.9. The molecule has 19 heavy (non-hydrogen) atoms. The first kappa shape index (κ1) is 11.9. The third-order valence-corrected chi connectivity index (χ3v) is 3.26. The minimum absolute atomic E-state index is 0.169. The molecule has 0 N–H and O–H groups in total. The third kappa shape index (κ3) is 2.02. The van der Waals surface area contributed by atoms with E-state index in [0.29, 0.717) is 21.9 Å². The number of rotatable bonds is 2. The van der Waals surface area contributed by atoms with Gasteiger partial charge in [-0.3, -0.25) is 9.78 Å². The fraction of sp³-hybridized carbons (Fsp3) is 0.0667. The minimum atomic E-state index is -0.169. The predicted octanol–water partition coefficient (Wildman–Crippen LogP) is 4.02. The summed E-state index contributed by atoms with van der Waals surface area (Å²) in [6.45, 7) is 1.85. The molecule has 0 amide bonds. The maximum atomic E-state index is 12.4. The number of aromatic nitrogens is 1. The lowest BCUT2D eigenvalue weighted by Crippen LogP contribution is -2.01. The molecule has 0 spiro atoms. The molecule has 0 aliphatic rings. The average Bonchev–Trinajstić information content (AvgIpc) is 2.76. The van der Waals surface area contributed by atoms with Crippen LogP contribution < -0.4 is 0 Å². The van der Waals surface area contributed by atoms with Gasteiger partial charge in [-0.05, 0) is 37.3 Å². The second-order valence-corrected chi connectivity index (χ2v) is 4.70. The van der Waals surface area contributed by atoms with E-state index in [2.05, 4.69) is 4.98 Å². The van der Waals surface area contributed by atoms with Crippen molar-refractivity contribution >= 4 is 28.4 Å². The summed E-state index contributed by atoms with van der Waals surface area (Å²) in [7, 11) is 0. The van der Waals surface area contributed by atoms with Gasteiger partial charge >= 0.3 is 0 Å². The highest BCUT2D eigenvalue weighted by atomic mass is 35.5. The number of furan rings is 1. The summed E-state index contributed by atoms with van der Waals surface area (Å²) in [5.41, 5.74) is 1.97. The Bertz CT molecular complexity index is 762. The van der Waals surface area contributed by atoms with E-state index in [4.69, 9.17) is 16.0 Å². The molecule has 0 atom stereocenters. The van der Waals surface area contributed by atoms with E-state index in [-0.39, 0.29) is 5.78 Å². The molecule has 0 radical (unpaired) electrons. The van der Waals surface area contributed by atoms with Crippen molar-refractivity contribution in [2.24, 2.45) is 0 Å². The molecule has 1 aromatic carbocycles. The van der Waals surface area contributed by atoms with Crippen LogP contribution in [0.25, 0.3) is 11.0 Å². The average molecular weight is 272 g/mol. The van der Waals surface area contributed by atoms with Crippen LogP contribution >= 0.6 is 11.6 Å². The zero-order valence-electron chi connectivity index (χ0n) is 10.2. The Kier molecular flexibility index (Phi) is 2.84. The monoisotopic (exact) mass is 271 g/mol. The highest BCUT2D eigenvalue weighted by Gasteiger charge is 2.19. The van der Waals surface area contributed by atoms with Crippen LogP contribution in [-0.4, -0.2) is 10.8 Å². The van der Waals surface area contributed by atoms with Gasteiger partial charge in [0.2, 0.25) is 5.78 Å². The van der Waals surface area contributed by atoms with Crippen molar-refractivity contribution in [3.8, 4) is 0 Å². The fourth-order valence-corrected chi connectivity index (χ4v) is 2.21. The van der Waals surface area contributed by atoms with Crippen LogP contribution in [0.3, 0.4) is 0 Å². The van der Waals surface area contributed by atoms with E-state index in [1.54, 1.807) is 36.5 Å². The molecule has 0 aliphatic heterocycles. The molecule has 3 rings (SSSR count). The number of pyridine rings is 1. The first-order valence-corrected chi connectivity index (χ1v) is 6.18. The van der Waals surface area contributed by atoms with Crippen LogP contribution in [0, 0.1) is 6.92 Å². The van der Waals surface area contributed by atoms with Crippen LogP contribution in [-0.2, 0) is 0 Å². The third-order valence-electron chi connectivity index (χ3n) is 3.03. The Morgan fingerprint density at radius 3 is 2.89 bits per heavy atom. The van der Waals surface area contributed by atoms with Crippen LogP contribution in [0.2, 0.25) is 5.02 Å². The quantitative estimate of drug-likeness (QED) is 0.661. The Labute approximate surface area is 114 Å². The molecule has 94 valence electrons. The maximum absolute atomic E-state index is 12.4. The number of benzene rings is 1. The van der Waals surface area contributed by atoms with E-state index < -0.39 is 0 Å². The summed E-state index contributed by atoms with van der Waals surface area (Å²) >= 11 is 5.96. The van der Waals surface area contributed by atoms with Crippen molar-refractivity contribution in [1.82, 2.24) is 4.98 Å². The number of hydrogen-bond donors (Lipinski definition) is 0. The zero-order chi connectivity index (χ0) is 13.4. The van der Waals surface area contributed by atoms with Crippen molar-refractivity contribution in [2.45, 2.75) is 6.92 Å². The number of carbonyl (C=O) groups excluding carboxylic acids is 1. The standard InChI is InChI=1S/C15H10ClNO2/c1-9-12-7-11(16)4-5-13(12)19-15(9)14(18)10-3-2-6-17-8-10/h2-8H,1H3. The van der Waals surface area contributed by atoms with Crippen LogP contribution in [0.5, 0.6) is 0 Å². The first-order valence-electron chi connectivity index (χ1n) is 5.80. The van der Waals surface area contributed by atoms with Crippen molar-refractivity contribution in [3.63, 3.8) is 0 Å². The van der Waals surface area contributed by atoms with Gasteiger partial charge in [0, 0.05) is 33.9 Å².